The van der Waals surface area contributed by atoms with Crippen LogP contribution in [-0.2, 0) is 9.53 Å². The van der Waals surface area contributed by atoms with Gasteiger partial charge in [0, 0.05) is 6.04 Å². The van der Waals surface area contributed by atoms with E-state index < -0.39 is 0 Å². The molecule has 0 heterocycles. The molecule has 3 nitrogen and oxygen atoms in total. The van der Waals surface area contributed by atoms with Crippen molar-refractivity contribution in [2.45, 2.75) is 33.2 Å². The van der Waals surface area contributed by atoms with Gasteiger partial charge >= 0.3 is 5.97 Å². The topological polar surface area (TPSA) is 52.3 Å². The fourth-order valence-electron chi connectivity index (χ4n) is 2.73. The van der Waals surface area contributed by atoms with Crippen LogP contribution in [0.25, 0.3) is 11.1 Å². The highest BCUT2D eigenvalue weighted by atomic mass is 16.5. The van der Waals surface area contributed by atoms with Gasteiger partial charge in [-0.1, -0.05) is 42.5 Å². The quantitative estimate of drug-likeness (QED) is 0.851. The molecule has 0 saturated heterocycles. The molecule has 0 bridgehead atoms. The summed E-state index contributed by atoms with van der Waals surface area (Å²) in [6.07, 6.45) is 0.200. The summed E-state index contributed by atoms with van der Waals surface area (Å²) in [4.78, 5) is 11.6. The first kappa shape index (κ1) is 16.2. The number of ether oxygens (including phenoxy) is 1. The standard InChI is InChI=1S/C19H23NO2/c1-4-22-19(21)12-18(20)17-11-7-10-16(14(17)3)15-9-6-5-8-13(15)2/h5-11,18H,4,12,20H2,1-3H3. The second kappa shape index (κ2) is 7.23. The minimum atomic E-state index is -0.344. The van der Waals surface area contributed by atoms with E-state index in [1.807, 2.05) is 24.3 Å². The zero-order valence-electron chi connectivity index (χ0n) is 13.4. The predicted octanol–water partition coefficient (Wildman–Crippen LogP) is 3.92. The highest BCUT2D eigenvalue weighted by Gasteiger charge is 2.16. The van der Waals surface area contributed by atoms with Crippen LogP contribution in [0.2, 0.25) is 0 Å². The Balaban J connectivity index is 2.34. The van der Waals surface area contributed by atoms with Gasteiger partial charge in [0.1, 0.15) is 0 Å². The highest BCUT2D eigenvalue weighted by molar-refractivity contribution is 5.73. The van der Waals surface area contributed by atoms with E-state index in [9.17, 15) is 4.79 Å². The minimum Gasteiger partial charge on any atom is -0.466 e. The molecular weight excluding hydrogens is 274 g/mol. The van der Waals surface area contributed by atoms with Crippen molar-refractivity contribution in [2.24, 2.45) is 5.73 Å². The third-order valence-corrected chi connectivity index (χ3v) is 3.90. The molecule has 2 aromatic carbocycles. The third kappa shape index (κ3) is 3.55. The molecule has 0 aromatic heterocycles. The van der Waals surface area contributed by atoms with Gasteiger partial charge in [0.05, 0.1) is 13.0 Å². The molecule has 0 amide bonds. The monoisotopic (exact) mass is 297 g/mol. The summed E-state index contributed by atoms with van der Waals surface area (Å²) in [5, 5.41) is 0. The Hall–Kier alpha value is -2.13. The highest BCUT2D eigenvalue weighted by Crippen LogP contribution is 2.31. The van der Waals surface area contributed by atoms with Crippen LogP contribution in [0.4, 0.5) is 0 Å². The molecule has 3 heteroatoms. The summed E-state index contributed by atoms with van der Waals surface area (Å²) in [6, 6.07) is 14.0. The Labute approximate surface area is 132 Å². The molecule has 0 aliphatic heterocycles. The van der Waals surface area contributed by atoms with E-state index in [-0.39, 0.29) is 18.4 Å². The molecule has 2 N–H and O–H groups in total. The smallest absolute Gasteiger partial charge is 0.307 e. The van der Waals surface area contributed by atoms with Crippen molar-refractivity contribution in [2.75, 3.05) is 6.61 Å². The maximum Gasteiger partial charge on any atom is 0.307 e. The van der Waals surface area contributed by atoms with Gasteiger partial charge in [0.15, 0.2) is 0 Å². The molecule has 0 aliphatic carbocycles. The van der Waals surface area contributed by atoms with E-state index in [4.69, 9.17) is 10.5 Å². The van der Waals surface area contributed by atoms with Crippen molar-refractivity contribution in [3.8, 4) is 11.1 Å². The lowest BCUT2D eigenvalue weighted by Gasteiger charge is -2.18. The van der Waals surface area contributed by atoms with Gasteiger partial charge in [0.25, 0.3) is 0 Å². The summed E-state index contributed by atoms with van der Waals surface area (Å²) in [7, 11) is 0. The maximum atomic E-state index is 11.6. The second-order valence-corrected chi connectivity index (χ2v) is 5.45. The van der Waals surface area contributed by atoms with Crippen molar-refractivity contribution in [3.05, 3.63) is 59.2 Å². The summed E-state index contributed by atoms with van der Waals surface area (Å²) < 4.78 is 4.99. The minimum absolute atomic E-state index is 0.200. The summed E-state index contributed by atoms with van der Waals surface area (Å²) in [6.45, 7) is 6.34. The van der Waals surface area contributed by atoms with Gasteiger partial charge in [0.2, 0.25) is 0 Å². The number of nitrogens with two attached hydrogens (primary N) is 1. The molecule has 2 rings (SSSR count). The molecule has 1 atom stereocenters. The van der Waals surface area contributed by atoms with Crippen LogP contribution in [0.5, 0.6) is 0 Å². The Morgan fingerprint density at radius 3 is 2.45 bits per heavy atom. The van der Waals surface area contributed by atoms with Gasteiger partial charge < -0.3 is 10.5 Å². The van der Waals surface area contributed by atoms with Crippen molar-refractivity contribution < 1.29 is 9.53 Å². The lowest BCUT2D eigenvalue weighted by atomic mass is 9.90. The molecule has 0 aliphatic rings. The fourth-order valence-corrected chi connectivity index (χ4v) is 2.73. The SMILES string of the molecule is CCOC(=O)CC(N)c1cccc(-c2ccccc2C)c1C. The molecule has 2 aromatic rings. The summed E-state index contributed by atoms with van der Waals surface area (Å²) >= 11 is 0. The Bertz CT molecular complexity index is 664. The van der Waals surface area contributed by atoms with Crippen LogP contribution in [0.3, 0.4) is 0 Å². The Morgan fingerprint density at radius 2 is 1.77 bits per heavy atom. The molecule has 0 spiro atoms. The number of hydrogen-bond acceptors (Lipinski definition) is 3. The third-order valence-electron chi connectivity index (χ3n) is 3.90. The van der Waals surface area contributed by atoms with Crippen LogP contribution < -0.4 is 5.73 Å². The van der Waals surface area contributed by atoms with Gasteiger partial charge in [-0.15, -0.1) is 0 Å². The van der Waals surface area contributed by atoms with Crippen LogP contribution in [-0.4, -0.2) is 12.6 Å². The molecular formula is C19H23NO2. The first-order valence-corrected chi connectivity index (χ1v) is 7.61. The fraction of sp³-hybridized carbons (Fsp3) is 0.316. The Morgan fingerprint density at radius 1 is 1.09 bits per heavy atom. The largest absolute Gasteiger partial charge is 0.466 e. The van der Waals surface area contributed by atoms with E-state index in [0.717, 1.165) is 16.7 Å². The zero-order valence-corrected chi connectivity index (χ0v) is 13.4. The molecule has 22 heavy (non-hydrogen) atoms. The van der Waals surface area contributed by atoms with E-state index >= 15 is 0 Å². The number of esters is 1. The first-order chi connectivity index (χ1) is 10.5. The van der Waals surface area contributed by atoms with Gasteiger partial charge in [-0.2, -0.15) is 0 Å². The molecule has 0 saturated carbocycles. The first-order valence-electron chi connectivity index (χ1n) is 7.61. The molecule has 116 valence electrons. The van der Waals surface area contributed by atoms with E-state index in [1.165, 1.54) is 11.1 Å². The summed E-state index contributed by atoms with van der Waals surface area (Å²) in [5.41, 5.74) is 11.9. The number of carbonyl (C=O) groups is 1. The average Bonchev–Trinajstić information content (AvgIpc) is 2.48. The van der Waals surface area contributed by atoms with Crippen molar-refractivity contribution in [1.29, 1.82) is 0 Å². The molecule has 0 fully saturated rings. The zero-order chi connectivity index (χ0) is 16.1. The van der Waals surface area contributed by atoms with Crippen LogP contribution in [0, 0.1) is 13.8 Å². The van der Waals surface area contributed by atoms with E-state index in [0.29, 0.717) is 6.61 Å². The Kier molecular flexibility index (Phi) is 5.34. The summed E-state index contributed by atoms with van der Waals surface area (Å²) in [5.74, 6) is -0.254. The van der Waals surface area contributed by atoms with Crippen molar-refractivity contribution in [1.82, 2.24) is 0 Å². The van der Waals surface area contributed by atoms with Crippen LogP contribution >= 0.6 is 0 Å². The van der Waals surface area contributed by atoms with Crippen LogP contribution in [0.1, 0.15) is 36.1 Å². The lowest BCUT2D eigenvalue weighted by molar-refractivity contribution is -0.143. The number of rotatable bonds is 5. The lowest BCUT2D eigenvalue weighted by Crippen LogP contribution is -2.18. The predicted molar refractivity (Wildman–Crippen MR) is 89.5 cm³/mol. The van der Waals surface area contributed by atoms with E-state index in [1.54, 1.807) is 6.92 Å². The van der Waals surface area contributed by atoms with Gasteiger partial charge in [-0.25, -0.2) is 0 Å². The van der Waals surface area contributed by atoms with Gasteiger partial charge in [-0.3, -0.25) is 4.79 Å². The van der Waals surface area contributed by atoms with Crippen molar-refractivity contribution >= 4 is 5.97 Å². The number of aryl methyl sites for hydroxylation is 1. The number of benzene rings is 2. The molecule has 0 radical (unpaired) electrons. The average molecular weight is 297 g/mol. The van der Waals surface area contributed by atoms with Gasteiger partial charge in [-0.05, 0) is 48.6 Å². The number of hydrogen-bond donors (Lipinski definition) is 1. The second-order valence-electron chi connectivity index (χ2n) is 5.45. The van der Waals surface area contributed by atoms with E-state index in [2.05, 4.69) is 32.0 Å². The maximum absolute atomic E-state index is 11.6. The molecule has 1 unspecified atom stereocenters. The van der Waals surface area contributed by atoms with Crippen molar-refractivity contribution in [3.63, 3.8) is 0 Å². The normalized spacial score (nSPS) is 12.0. The number of carbonyl (C=O) groups excluding carboxylic acids is 1. The van der Waals surface area contributed by atoms with Crippen LogP contribution in [0.15, 0.2) is 42.5 Å².